The second-order valence-corrected chi connectivity index (χ2v) is 6.33. The van der Waals surface area contributed by atoms with Gasteiger partial charge < -0.3 is 14.5 Å². The molecule has 1 fully saturated rings. The van der Waals surface area contributed by atoms with Crippen molar-refractivity contribution in [2.75, 3.05) is 38.7 Å². The first kappa shape index (κ1) is 17.3. The number of nitrogens with zero attached hydrogens (tertiary/aromatic N) is 5. The third-order valence-electron chi connectivity index (χ3n) is 4.26. The van der Waals surface area contributed by atoms with E-state index in [0.29, 0.717) is 25.3 Å². The van der Waals surface area contributed by atoms with Crippen molar-refractivity contribution in [1.82, 2.24) is 19.9 Å². The van der Waals surface area contributed by atoms with Crippen molar-refractivity contribution in [3.05, 3.63) is 48.2 Å². The lowest BCUT2D eigenvalue weighted by molar-refractivity contribution is -0.0246. The predicted octanol–water partition coefficient (Wildman–Crippen LogP) is 1.41. The lowest BCUT2D eigenvalue weighted by atomic mass is 10.1. The highest BCUT2D eigenvalue weighted by Gasteiger charge is 2.25. The average Bonchev–Trinajstić information content (AvgIpc) is 2.67. The number of amides is 1. The van der Waals surface area contributed by atoms with Gasteiger partial charge in [0.15, 0.2) is 0 Å². The first-order valence-electron chi connectivity index (χ1n) is 8.41. The van der Waals surface area contributed by atoms with Crippen molar-refractivity contribution < 1.29 is 9.53 Å². The molecule has 0 bridgehead atoms. The molecule has 7 nitrogen and oxygen atoms in total. The van der Waals surface area contributed by atoms with Crippen LogP contribution in [0.4, 0.5) is 5.82 Å². The smallest absolute Gasteiger partial charge is 0.257 e. The minimum atomic E-state index is -0.0345. The number of carbonyl (C=O) groups excluding carboxylic acids is 1. The number of morpholine rings is 1. The third kappa shape index (κ3) is 4.51. The summed E-state index contributed by atoms with van der Waals surface area (Å²) in [5, 5.41) is 0. The molecular weight excluding hydrogens is 318 g/mol. The summed E-state index contributed by atoms with van der Waals surface area (Å²) in [5.41, 5.74) is 1.75. The minimum Gasteiger partial charge on any atom is -0.375 e. The maximum Gasteiger partial charge on any atom is 0.257 e. The number of rotatable bonds is 5. The zero-order valence-electron chi connectivity index (χ0n) is 14.6. The summed E-state index contributed by atoms with van der Waals surface area (Å²) in [6, 6.07) is 4.12. The second-order valence-electron chi connectivity index (χ2n) is 6.33. The SMILES string of the molecule is CN(C)c1cc(CCC2CN(C(=O)c3cncnc3)CCO2)ccn1. The third-order valence-corrected chi connectivity index (χ3v) is 4.26. The van der Waals surface area contributed by atoms with Gasteiger partial charge in [0.05, 0.1) is 18.3 Å². The van der Waals surface area contributed by atoms with E-state index in [-0.39, 0.29) is 12.0 Å². The molecular formula is C18H23N5O2. The van der Waals surface area contributed by atoms with E-state index in [1.54, 1.807) is 12.4 Å². The van der Waals surface area contributed by atoms with E-state index >= 15 is 0 Å². The molecule has 1 aliphatic heterocycles. The molecule has 132 valence electrons. The number of aromatic nitrogens is 3. The quantitative estimate of drug-likeness (QED) is 0.819. The Balaban J connectivity index is 1.57. The van der Waals surface area contributed by atoms with Crippen LogP contribution in [0.1, 0.15) is 22.3 Å². The Kier molecular flexibility index (Phi) is 5.55. The number of anilines is 1. The zero-order chi connectivity index (χ0) is 17.6. The summed E-state index contributed by atoms with van der Waals surface area (Å²) >= 11 is 0. The van der Waals surface area contributed by atoms with Crippen LogP contribution in [0.5, 0.6) is 0 Å². The van der Waals surface area contributed by atoms with Crippen LogP contribution in [-0.4, -0.2) is 65.7 Å². The number of aryl methyl sites for hydroxylation is 1. The Morgan fingerprint density at radius 3 is 2.92 bits per heavy atom. The largest absolute Gasteiger partial charge is 0.375 e. The van der Waals surface area contributed by atoms with Crippen molar-refractivity contribution in [1.29, 1.82) is 0 Å². The van der Waals surface area contributed by atoms with Gasteiger partial charge in [-0.2, -0.15) is 0 Å². The molecule has 1 amide bonds. The molecule has 0 N–H and O–H groups in total. The molecule has 1 unspecified atom stereocenters. The van der Waals surface area contributed by atoms with Gasteiger partial charge in [-0.15, -0.1) is 0 Å². The number of hydrogen-bond acceptors (Lipinski definition) is 6. The lowest BCUT2D eigenvalue weighted by Gasteiger charge is -2.33. The van der Waals surface area contributed by atoms with E-state index in [1.807, 2.05) is 36.2 Å². The fourth-order valence-electron chi connectivity index (χ4n) is 2.86. The van der Waals surface area contributed by atoms with Gasteiger partial charge in [-0.05, 0) is 30.5 Å². The molecule has 0 radical (unpaired) electrons. The van der Waals surface area contributed by atoms with Gasteiger partial charge in [-0.1, -0.05) is 0 Å². The van der Waals surface area contributed by atoms with Crippen LogP contribution >= 0.6 is 0 Å². The molecule has 2 aromatic rings. The fraction of sp³-hybridized carbons (Fsp3) is 0.444. The van der Waals surface area contributed by atoms with E-state index in [0.717, 1.165) is 18.7 Å². The normalized spacial score (nSPS) is 17.4. The van der Waals surface area contributed by atoms with Crippen LogP contribution in [0, 0.1) is 0 Å². The van der Waals surface area contributed by atoms with Gasteiger partial charge >= 0.3 is 0 Å². The second kappa shape index (κ2) is 8.02. The first-order valence-corrected chi connectivity index (χ1v) is 8.41. The fourth-order valence-corrected chi connectivity index (χ4v) is 2.86. The van der Waals surface area contributed by atoms with Gasteiger partial charge in [0.25, 0.3) is 5.91 Å². The summed E-state index contributed by atoms with van der Waals surface area (Å²) < 4.78 is 5.84. The highest BCUT2D eigenvalue weighted by Crippen LogP contribution is 2.16. The van der Waals surface area contributed by atoms with Crippen LogP contribution in [0.15, 0.2) is 37.1 Å². The van der Waals surface area contributed by atoms with Crippen molar-refractivity contribution in [3.8, 4) is 0 Å². The number of ether oxygens (including phenoxy) is 1. The van der Waals surface area contributed by atoms with Gasteiger partial charge in [0, 0.05) is 45.8 Å². The summed E-state index contributed by atoms with van der Waals surface area (Å²) in [4.78, 5) is 28.5. The number of pyridine rings is 1. The Bertz CT molecular complexity index is 708. The Hall–Kier alpha value is -2.54. The van der Waals surface area contributed by atoms with Crippen LogP contribution in [0.2, 0.25) is 0 Å². The molecule has 3 rings (SSSR count). The molecule has 1 atom stereocenters. The summed E-state index contributed by atoms with van der Waals surface area (Å²) in [6.07, 6.45) is 8.17. The molecule has 7 heteroatoms. The topological polar surface area (TPSA) is 71.5 Å². The Morgan fingerprint density at radius 1 is 1.36 bits per heavy atom. The van der Waals surface area contributed by atoms with E-state index in [4.69, 9.17) is 4.74 Å². The molecule has 1 saturated heterocycles. The van der Waals surface area contributed by atoms with E-state index in [2.05, 4.69) is 21.0 Å². The molecule has 2 aromatic heterocycles. The highest BCUT2D eigenvalue weighted by molar-refractivity contribution is 5.93. The zero-order valence-corrected chi connectivity index (χ0v) is 14.6. The molecule has 0 aromatic carbocycles. The molecule has 1 aliphatic rings. The monoisotopic (exact) mass is 341 g/mol. The van der Waals surface area contributed by atoms with Crippen molar-refractivity contribution in [2.45, 2.75) is 18.9 Å². The molecule has 0 aliphatic carbocycles. The van der Waals surface area contributed by atoms with Crippen LogP contribution in [0.3, 0.4) is 0 Å². The predicted molar refractivity (Wildman–Crippen MR) is 94.6 cm³/mol. The molecule has 0 saturated carbocycles. The van der Waals surface area contributed by atoms with E-state index in [1.165, 1.54) is 11.9 Å². The maximum absolute atomic E-state index is 12.5. The Labute approximate surface area is 147 Å². The minimum absolute atomic E-state index is 0.0345. The highest BCUT2D eigenvalue weighted by atomic mass is 16.5. The Morgan fingerprint density at radius 2 is 2.16 bits per heavy atom. The van der Waals surface area contributed by atoms with Gasteiger partial charge in [-0.25, -0.2) is 15.0 Å². The van der Waals surface area contributed by atoms with Gasteiger partial charge in [0.2, 0.25) is 0 Å². The molecule has 0 spiro atoms. The standard InChI is InChI=1S/C18H23N5O2/c1-22(2)17-9-14(5-6-21-17)3-4-16-12-23(7-8-25-16)18(24)15-10-19-13-20-11-15/h5-6,9-11,13,16H,3-4,7-8,12H2,1-2H3. The van der Waals surface area contributed by atoms with E-state index in [9.17, 15) is 4.79 Å². The van der Waals surface area contributed by atoms with Gasteiger partial charge in [-0.3, -0.25) is 4.79 Å². The summed E-state index contributed by atoms with van der Waals surface area (Å²) in [5.74, 6) is 0.913. The number of hydrogen-bond donors (Lipinski definition) is 0. The van der Waals surface area contributed by atoms with Crippen LogP contribution in [0.25, 0.3) is 0 Å². The van der Waals surface area contributed by atoms with Crippen LogP contribution in [-0.2, 0) is 11.2 Å². The van der Waals surface area contributed by atoms with E-state index < -0.39 is 0 Å². The van der Waals surface area contributed by atoms with Crippen molar-refractivity contribution >= 4 is 11.7 Å². The summed E-state index contributed by atoms with van der Waals surface area (Å²) in [6.45, 7) is 1.76. The van der Waals surface area contributed by atoms with Crippen molar-refractivity contribution in [2.24, 2.45) is 0 Å². The number of carbonyl (C=O) groups is 1. The lowest BCUT2D eigenvalue weighted by Crippen LogP contribution is -2.45. The first-order chi connectivity index (χ1) is 12.1. The summed E-state index contributed by atoms with van der Waals surface area (Å²) in [7, 11) is 3.96. The van der Waals surface area contributed by atoms with Crippen molar-refractivity contribution in [3.63, 3.8) is 0 Å². The molecule has 3 heterocycles. The van der Waals surface area contributed by atoms with Gasteiger partial charge in [0.1, 0.15) is 12.1 Å². The van der Waals surface area contributed by atoms with Crippen LogP contribution < -0.4 is 4.90 Å². The average molecular weight is 341 g/mol. The molecule has 25 heavy (non-hydrogen) atoms. The maximum atomic E-state index is 12.5.